The molecule has 2 aromatic rings. The van der Waals surface area contributed by atoms with E-state index < -0.39 is 23.4 Å². The Morgan fingerprint density at radius 2 is 1.80 bits per heavy atom. The first kappa shape index (κ1) is 17.5. The van der Waals surface area contributed by atoms with Crippen LogP contribution in [-0.2, 0) is 12.8 Å². The number of hydrogen-bond acceptors (Lipinski definition) is 1. The highest BCUT2D eigenvalue weighted by molar-refractivity contribution is 5.72. The molecule has 0 saturated carbocycles. The SMILES string of the molecule is Fc1ccc(COc2ccc(C(F)(F)F)cc2C2=CCCC2)c(F)c1. The highest BCUT2D eigenvalue weighted by atomic mass is 19.4. The molecule has 1 aliphatic carbocycles. The van der Waals surface area contributed by atoms with E-state index in [9.17, 15) is 22.0 Å². The van der Waals surface area contributed by atoms with Crippen molar-refractivity contribution in [1.82, 2.24) is 0 Å². The summed E-state index contributed by atoms with van der Waals surface area (Å²) >= 11 is 0. The third kappa shape index (κ3) is 4.00. The van der Waals surface area contributed by atoms with Gasteiger partial charge in [0.05, 0.1) is 5.56 Å². The van der Waals surface area contributed by atoms with Gasteiger partial charge < -0.3 is 4.74 Å². The topological polar surface area (TPSA) is 9.23 Å². The molecule has 0 spiro atoms. The van der Waals surface area contributed by atoms with Gasteiger partial charge in [0, 0.05) is 17.2 Å². The average molecular weight is 354 g/mol. The van der Waals surface area contributed by atoms with Crippen LogP contribution in [0.5, 0.6) is 5.75 Å². The van der Waals surface area contributed by atoms with E-state index in [1.165, 1.54) is 12.1 Å². The summed E-state index contributed by atoms with van der Waals surface area (Å²) in [5.74, 6) is -1.20. The zero-order valence-corrected chi connectivity index (χ0v) is 13.2. The quantitative estimate of drug-likeness (QED) is 0.600. The number of allylic oxidation sites excluding steroid dienone is 2. The molecule has 0 saturated heterocycles. The van der Waals surface area contributed by atoms with Crippen molar-refractivity contribution in [2.75, 3.05) is 0 Å². The van der Waals surface area contributed by atoms with E-state index in [4.69, 9.17) is 4.74 Å². The van der Waals surface area contributed by atoms with Crippen LogP contribution < -0.4 is 4.74 Å². The molecule has 0 atom stereocenters. The molecule has 0 amide bonds. The maximum atomic E-state index is 13.7. The van der Waals surface area contributed by atoms with Crippen molar-refractivity contribution in [1.29, 1.82) is 0 Å². The Balaban J connectivity index is 1.89. The number of ether oxygens (including phenoxy) is 1. The summed E-state index contributed by atoms with van der Waals surface area (Å²) in [5.41, 5.74) is 0.541. The smallest absolute Gasteiger partial charge is 0.416 e. The lowest BCUT2D eigenvalue weighted by molar-refractivity contribution is -0.137. The minimum absolute atomic E-state index is 0.132. The van der Waals surface area contributed by atoms with Crippen molar-refractivity contribution in [3.05, 3.63) is 70.8 Å². The number of benzene rings is 2. The molecular formula is C19H15F5O. The van der Waals surface area contributed by atoms with E-state index in [0.717, 1.165) is 42.7 Å². The minimum atomic E-state index is -4.45. The summed E-state index contributed by atoms with van der Waals surface area (Å²) < 4.78 is 71.1. The molecule has 0 unspecified atom stereocenters. The van der Waals surface area contributed by atoms with E-state index in [1.807, 2.05) is 6.08 Å². The first-order chi connectivity index (χ1) is 11.8. The van der Waals surface area contributed by atoms with Crippen LogP contribution in [0.15, 0.2) is 42.5 Å². The van der Waals surface area contributed by atoms with Crippen molar-refractivity contribution in [3.8, 4) is 5.75 Å². The molecular weight excluding hydrogens is 339 g/mol. The first-order valence-corrected chi connectivity index (χ1v) is 7.82. The summed E-state index contributed by atoms with van der Waals surface area (Å²) in [6.07, 6.45) is -0.214. The molecule has 2 aromatic carbocycles. The van der Waals surface area contributed by atoms with Crippen molar-refractivity contribution in [2.24, 2.45) is 0 Å². The molecule has 132 valence electrons. The molecule has 0 heterocycles. The van der Waals surface area contributed by atoms with Gasteiger partial charge in [-0.2, -0.15) is 13.2 Å². The predicted molar refractivity (Wildman–Crippen MR) is 84.0 cm³/mol. The molecule has 1 aliphatic rings. The third-order valence-corrected chi connectivity index (χ3v) is 4.09. The lowest BCUT2D eigenvalue weighted by atomic mass is 10.0. The van der Waals surface area contributed by atoms with Crippen molar-refractivity contribution >= 4 is 5.57 Å². The van der Waals surface area contributed by atoms with Gasteiger partial charge in [0.1, 0.15) is 24.0 Å². The van der Waals surface area contributed by atoms with E-state index in [2.05, 4.69) is 0 Å². The fraction of sp³-hybridized carbons (Fsp3) is 0.263. The standard InChI is InChI=1S/C19H15F5O/c20-15-7-5-13(17(21)10-15)11-25-18-8-6-14(19(22,23)24)9-16(18)12-3-1-2-4-12/h3,5-10H,1-2,4,11H2. The van der Waals surface area contributed by atoms with Crippen LogP contribution in [-0.4, -0.2) is 0 Å². The summed E-state index contributed by atoms with van der Waals surface area (Å²) in [7, 11) is 0. The van der Waals surface area contributed by atoms with Crippen LogP contribution >= 0.6 is 0 Å². The highest BCUT2D eigenvalue weighted by Crippen LogP contribution is 2.38. The number of halogens is 5. The summed E-state index contributed by atoms with van der Waals surface area (Å²) in [5, 5.41) is 0. The Bertz CT molecular complexity index is 808. The summed E-state index contributed by atoms with van der Waals surface area (Å²) in [6, 6.07) is 6.35. The molecule has 0 aromatic heterocycles. The molecule has 3 rings (SSSR count). The predicted octanol–water partition coefficient (Wildman–Crippen LogP) is 6.13. The zero-order valence-electron chi connectivity index (χ0n) is 13.2. The summed E-state index contributed by atoms with van der Waals surface area (Å²) in [6.45, 7) is -0.197. The second kappa shape index (κ2) is 6.86. The van der Waals surface area contributed by atoms with Crippen molar-refractivity contribution in [2.45, 2.75) is 32.0 Å². The van der Waals surface area contributed by atoms with E-state index >= 15 is 0 Å². The molecule has 0 N–H and O–H groups in total. The molecule has 25 heavy (non-hydrogen) atoms. The lowest BCUT2D eigenvalue weighted by Crippen LogP contribution is -2.07. The maximum Gasteiger partial charge on any atom is 0.416 e. The Morgan fingerprint density at radius 3 is 2.44 bits per heavy atom. The minimum Gasteiger partial charge on any atom is -0.488 e. The fourth-order valence-corrected chi connectivity index (χ4v) is 2.79. The molecule has 1 nitrogen and oxygen atoms in total. The Hall–Kier alpha value is -2.37. The second-order valence-corrected chi connectivity index (χ2v) is 5.85. The van der Waals surface area contributed by atoms with Crippen molar-refractivity contribution in [3.63, 3.8) is 0 Å². The van der Waals surface area contributed by atoms with E-state index in [0.29, 0.717) is 12.0 Å². The maximum absolute atomic E-state index is 13.7. The zero-order chi connectivity index (χ0) is 18.0. The van der Waals surface area contributed by atoms with Crippen LogP contribution in [0.1, 0.15) is 36.0 Å². The molecule has 0 bridgehead atoms. The van der Waals surface area contributed by atoms with Crippen LogP contribution in [0.3, 0.4) is 0 Å². The van der Waals surface area contributed by atoms with Gasteiger partial charge in [-0.25, -0.2) is 8.78 Å². The van der Waals surface area contributed by atoms with Gasteiger partial charge in [0.15, 0.2) is 0 Å². The van der Waals surface area contributed by atoms with Gasteiger partial charge in [0.2, 0.25) is 0 Å². The highest BCUT2D eigenvalue weighted by Gasteiger charge is 2.31. The number of rotatable bonds is 4. The van der Waals surface area contributed by atoms with Gasteiger partial charge >= 0.3 is 6.18 Å². The van der Waals surface area contributed by atoms with Crippen LogP contribution in [0.4, 0.5) is 22.0 Å². The average Bonchev–Trinajstić information content (AvgIpc) is 3.07. The lowest BCUT2D eigenvalue weighted by Gasteiger charge is -2.16. The van der Waals surface area contributed by atoms with Crippen LogP contribution in [0, 0.1) is 11.6 Å². The second-order valence-electron chi connectivity index (χ2n) is 5.85. The summed E-state index contributed by atoms with van der Waals surface area (Å²) in [4.78, 5) is 0. The molecule has 6 heteroatoms. The Labute approximate surface area is 141 Å². The Morgan fingerprint density at radius 1 is 1.00 bits per heavy atom. The number of hydrogen-bond donors (Lipinski definition) is 0. The van der Waals surface area contributed by atoms with Crippen LogP contribution in [0.2, 0.25) is 0 Å². The first-order valence-electron chi connectivity index (χ1n) is 7.82. The third-order valence-electron chi connectivity index (χ3n) is 4.09. The van der Waals surface area contributed by atoms with Gasteiger partial charge in [-0.1, -0.05) is 6.08 Å². The van der Waals surface area contributed by atoms with Gasteiger partial charge in [-0.3, -0.25) is 0 Å². The normalized spacial score (nSPS) is 14.5. The molecule has 0 fully saturated rings. The van der Waals surface area contributed by atoms with Crippen molar-refractivity contribution < 1.29 is 26.7 Å². The Kier molecular flexibility index (Phi) is 4.79. The monoisotopic (exact) mass is 354 g/mol. The van der Waals surface area contributed by atoms with E-state index in [-0.39, 0.29) is 17.9 Å². The molecule has 0 aliphatic heterocycles. The largest absolute Gasteiger partial charge is 0.488 e. The molecule has 0 radical (unpaired) electrons. The van der Waals surface area contributed by atoms with Gasteiger partial charge in [-0.05, 0) is 55.2 Å². The number of alkyl halides is 3. The van der Waals surface area contributed by atoms with Crippen LogP contribution in [0.25, 0.3) is 5.57 Å². The van der Waals surface area contributed by atoms with Gasteiger partial charge in [0.25, 0.3) is 0 Å². The fourth-order valence-electron chi connectivity index (χ4n) is 2.79. The van der Waals surface area contributed by atoms with Gasteiger partial charge in [-0.15, -0.1) is 0 Å². The van der Waals surface area contributed by atoms with E-state index in [1.54, 1.807) is 0 Å².